The van der Waals surface area contributed by atoms with Crippen LogP contribution in [0.5, 0.6) is 0 Å². The number of anilines is 1. The molecule has 0 heterocycles. The monoisotopic (exact) mass is 301 g/mol. The van der Waals surface area contributed by atoms with Crippen LogP contribution in [0, 0.1) is 12.7 Å². The summed E-state index contributed by atoms with van der Waals surface area (Å²) >= 11 is 0. The molecule has 0 saturated carbocycles. The Labute approximate surface area is 127 Å². The number of hydrogen-bond donors (Lipinski definition) is 1. The Balaban J connectivity index is 2.01. The van der Waals surface area contributed by atoms with E-state index in [-0.39, 0.29) is 5.69 Å². The van der Waals surface area contributed by atoms with Crippen LogP contribution in [0.25, 0.3) is 0 Å². The fraction of sp³-hybridized carbons (Fsp3) is 0.176. The van der Waals surface area contributed by atoms with Crippen LogP contribution in [0.15, 0.2) is 48.5 Å². The van der Waals surface area contributed by atoms with Gasteiger partial charge in [0.1, 0.15) is 5.82 Å². The molecule has 0 aromatic heterocycles. The number of nitrogens with one attached hydrogen (secondary N) is 1. The van der Waals surface area contributed by atoms with Crippen LogP contribution in [0.3, 0.4) is 0 Å². The van der Waals surface area contributed by atoms with Gasteiger partial charge in [0.15, 0.2) is 6.10 Å². The van der Waals surface area contributed by atoms with Crippen molar-refractivity contribution >= 4 is 17.6 Å². The normalized spacial score (nSPS) is 11.6. The first-order valence-electron chi connectivity index (χ1n) is 6.81. The van der Waals surface area contributed by atoms with Crippen molar-refractivity contribution < 1.29 is 18.7 Å². The number of benzene rings is 2. The van der Waals surface area contributed by atoms with Crippen molar-refractivity contribution in [3.05, 3.63) is 65.5 Å². The molecule has 2 aromatic rings. The number of ether oxygens (including phenoxy) is 1. The van der Waals surface area contributed by atoms with Crippen LogP contribution in [0.2, 0.25) is 0 Å². The molecule has 1 amide bonds. The van der Waals surface area contributed by atoms with Gasteiger partial charge in [0.25, 0.3) is 5.91 Å². The van der Waals surface area contributed by atoms with E-state index in [0.717, 1.165) is 5.56 Å². The molecule has 0 unspecified atom stereocenters. The molecule has 0 bridgehead atoms. The number of esters is 1. The highest BCUT2D eigenvalue weighted by Gasteiger charge is 2.20. The Kier molecular flexibility index (Phi) is 4.88. The van der Waals surface area contributed by atoms with E-state index in [9.17, 15) is 14.0 Å². The lowest BCUT2D eigenvalue weighted by molar-refractivity contribution is -0.123. The minimum atomic E-state index is -1.04. The largest absolute Gasteiger partial charge is 0.449 e. The molecule has 22 heavy (non-hydrogen) atoms. The van der Waals surface area contributed by atoms with E-state index in [1.807, 2.05) is 0 Å². The maximum Gasteiger partial charge on any atom is 0.339 e. The summed E-state index contributed by atoms with van der Waals surface area (Å²) in [4.78, 5) is 24.0. The van der Waals surface area contributed by atoms with Gasteiger partial charge in [0.2, 0.25) is 0 Å². The molecule has 0 radical (unpaired) electrons. The number of carbonyl (C=O) groups is 2. The first-order valence-corrected chi connectivity index (χ1v) is 6.81. The molecule has 1 atom stereocenters. The summed E-state index contributed by atoms with van der Waals surface area (Å²) in [5.41, 5.74) is 1.20. The van der Waals surface area contributed by atoms with Gasteiger partial charge in [0.05, 0.1) is 11.3 Å². The Bertz CT molecular complexity index is 700. The number of aryl methyl sites for hydroxylation is 1. The number of halogens is 1. The summed E-state index contributed by atoms with van der Waals surface area (Å²) < 4.78 is 18.6. The van der Waals surface area contributed by atoms with Crippen LogP contribution >= 0.6 is 0 Å². The maximum absolute atomic E-state index is 13.5. The third-order valence-corrected chi connectivity index (χ3v) is 3.15. The topological polar surface area (TPSA) is 55.4 Å². The fourth-order valence-corrected chi connectivity index (χ4v) is 1.88. The van der Waals surface area contributed by atoms with Crippen molar-refractivity contribution in [2.75, 3.05) is 5.32 Å². The Morgan fingerprint density at radius 3 is 2.41 bits per heavy atom. The molecule has 0 spiro atoms. The van der Waals surface area contributed by atoms with Crippen molar-refractivity contribution in [1.29, 1.82) is 0 Å². The molecule has 5 heteroatoms. The van der Waals surface area contributed by atoms with Crippen LogP contribution in [-0.2, 0) is 9.53 Å². The standard InChI is InChI=1S/C17H16FNO3/c1-11-7-3-4-8-13(11)17(21)22-12(2)16(20)19-15-10-6-5-9-14(15)18/h3-10,12H,1-2H3,(H,19,20)/t12-/m1/s1. The second kappa shape index (κ2) is 6.85. The molecular formula is C17H16FNO3. The summed E-state index contributed by atoms with van der Waals surface area (Å²) in [7, 11) is 0. The van der Waals surface area contributed by atoms with Gasteiger partial charge in [0, 0.05) is 0 Å². The van der Waals surface area contributed by atoms with E-state index < -0.39 is 23.8 Å². The van der Waals surface area contributed by atoms with Crippen molar-refractivity contribution in [3.63, 3.8) is 0 Å². The SMILES string of the molecule is Cc1ccccc1C(=O)O[C@H](C)C(=O)Nc1ccccc1F. The first-order chi connectivity index (χ1) is 10.5. The molecule has 4 nitrogen and oxygen atoms in total. The van der Waals surface area contributed by atoms with Gasteiger partial charge in [-0.05, 0) is 37.6 Å². The number of carbonyl (C=O) groups excluding carboxylic acids is 2. The van der Waals surface area contributed by atoms with Gasteiger partial charge in [-0.1, -0.05) is 30.3 Å². The number of hydrogen-bond acceptors (Lipinski definition) is 3. The highest BCUT2D eigenvalue weighted by Crippen LogP contribution is 2.14. The summed E-state index contributed by atoms with van der Waals surface area (Å²) in [5.74, 6) is -1.73. The quantitative estimate of drug-likeness (QED) is 0.881. The van der Waals surface area contributed by atoms with Crippen molar-refractivity contribution in [2.45, 2.75) is 20.0 Å². The number of amides is 1. The lowest BCUT2D eigenvalue weighted by atomic mass is 10.1. The van der Waals surface area contributed by atoms with Crippen molar-refractivity contribution in [2.24, 2.45) is 0 Å². The summed E-state index contributed by atoms with van der Waals surface area (Å²) in [6, 6.07) is 12.7. The third-order valence-electron chi connectivity index (χ3n) is 3.15. The summed E-state index contributed by atoms with van der Waals surface area (Å²) in [6.45, 7) is 3.22. The van der Waals surface area contributed by atoms with Crippen LogP contribution in [-0.4, -0.2) is 18.0 Å². The van der Waals surface area contributed by atoms with Crippen LogP contribution < -0.4 is 5.32 Å². The molecule has 0 saturated heterocycles. The first kappa shape index (κ1) is 15.7. The molecule has 0 aliphatic rings. The molecule has 2 aromatic carbocycles. The van der Waals surface area contributed by atoms with Crippen LogP contribution in [0.4, 0.5) is 10.1 Å². The van der Waals surface area contributed by atoms with Crippen molar-refractivity contribution in [1.82, 2.24) is 0 Å². The lowest BCUT2D eigenvalue weighted by Crippen LogP contribution is -2.30. The molecule has 2 rings (SSSR count). The summed E-state index contributed by atoms with van der Waals surface area (Å²) in [6.07, 6.45) is -1.04. The number of para-hydroxylation sites is 1. The smallest absolute Gasteiger partial charge is 0.339 e. The van der Waals surface area contributed by atoms with Gasteiger partial charge >= 0.3 is 5.97 Å². The number of rotatable bonds is 4. The van der Waals surface area contributed by atoms with Crippen molar-refractivity contribution in [3.8, 4) is 0 Å². The highest BCUT2D eigenvalue weighted by molar-refractivity contribution is 5.97. The average molecular weight is 301 g/mol. The van der Waals surface area contributed by atoms with E-state index in [2.05, 4.69) is 5.32 Å². The molecule has 0 aliphatic carbocycles. The van der Waals surface area contributed by atoms with E-state index in [4.69, 9.17) is 4.74 Å². The molecule has 114 valence electrons. The fourth-order valence-electron chi connectivity index (χ4n) is 1.88. The Morgan fingerprint density at radius 1 is 1.09 bits per heavy atom. The summed E-state index contributed by atoms with van der Waals surface area (Å²) in [5, 5.41) is 2.39. The second-order valence-electron chi connectivity index (χ2n) is 4.83. The van der Waals surface area contributed by atoms with E-state index in [0.29, 0.717) is 5.56 Å². The zero-order valence-electron chi connectivity index (χ0n) is 12.3. The molecule has 1 N–H and O–H groups in total. The van der Waals surface area contributed by atoms with E-state index in [1.54, 1.807) is 37.3 Å². The average Bonchev–Trinajstić information content (AvgIpc) is 2.49. The maximum atomic E-state index is 13.5. The van der Waals surface area contributed by atoms with Gasteiger partial charge in [-0.15, -0.1) is 0 Å². The Morgan fingerprint density at radius 2 is 1.73 bits per heavy atom. The zero-order valence-corrected chi connectivity index (χ0v) is 12.3. The predicted octanol–water partition coefficient (Wildman–Crippen LogP) is 3.32. The second-order valence-corrected chi connectivity index (χ2v) is 4.83. The molecule has 0 aliphatic heterocycles. The highest BCUT2D eigenvalue weighted by atomic mass is 19.1. The van der Waals surface area contributed by atoms with Gasteiger partial charge < -0.3 is 10.1 Å². The minimum Gasteiger partial charge on any atom is -0.449 e. The lowest BCUT2D eigenvalue weighted by Gasteiger charge is -2.14. The third kappa shape index (κ3) is 3.69. The predicted molar refractivity (Wildman–Crippen MR) is 81.1 cm³/mol. The zero-order chi connectivity index (χ0) is 16.1. The Hall–Kier alpha value is -2.69. The van der Waals surface area contributed by atoms with Crippen LogP contribution in [0.1, 0.15) is 22.8 Å². The van der Waals surface area contributed by atoms with Gasteiger partial charge in [-0.2, -0.15) is 0 Å². The molecular weight excluding hydrogens is 285 g/mol. The minimum absolute atomic E-state index is 0.0475. The van der Waals surface area contributed by atoms with Gasteiger partial charge in [-0.3, -0.25) is 4.79 Å². The van der Waals surface area contributed by atoms with Gasteiger partial charge in [-0.25, -0.2) is 9.18 Å². The van der Waals surface area contributed by atoms with E-state index >= 15 is 0 Å². The van der Waals surface area contributed by atoms with E-state index in [1.165, 1.54) is 25.1 Å². The molecule has 0 fully saturated rings.